The van der Waals surface area contributed by atoms with E-state index in [1.165, 1.54) is 0 Å². The SMILES string of the molecule is COc1c(OCc2ccccc2)cccc1C1(C(=O)O)CC1. The third-order valence-electron chi connectivity index (χ3n) is 4.10. The van der Waals surface area contributed by atoms with E-state index in [-0.39, 0.29) is 0 Å². The van der Waals surface area contributed by atoms with E-state index >= 15 is 0 Å². The van der Waals surface area contributed by atoms with E-state index < -0.39 is 11.4 Å². The number of aliphatic carboxylic acids is 1. The molecule has 0 atom stereocenters. The van der Waals surface area contributed by atoms with Gasteiger partial charge in [-0.2, -0.15) is 0 Å². The molecule has 1 aliphatic rings. The third kappa shape index (κ3) is 2.52. The fraction of sp³-hybridized carbons (Fsp3) is 0.278. The first kappa shape index (κ1) is 14.4. The average Bonchev–Trinajstić information content (AvgIpc) is 3.35. The lowest BCUT2D eigenvalue weighted by atomic mass is 9.95. The van der Waals surface area contributed by atoms with Crippen molar-refractivity contribution in [3.05, 3.63) is 59.7 Å². The molecule has 114 valence electrons. The Morgan fingerprint density at radius 1 is 1.14 bits per heavy atom. The molecule has 0 spiro atoms. The zero-order chi connectivity index (χ0) is 15.6. The maximum atomic E-state index is 11.5. The van der Waals surface area contributed by atoms with Crippen molar-refractivity contribution >= 4 is 5.97 Å². The molecule has 1 aliphatic carbocycles. The molecule has 0 saturated heterocycles. The summed E-state index contributed by atoms with van der Waals surface area (Å²) in [6.45, 7) is 0.417. The highest BCUT2D eigenvalue weighted by atomic mass is 16.5. The lowest BCUT2D eigenvalue weighted by molar-refractivity contribution is -0.140. The zero-order valence-corrected chi connectivity index (χ0v) is 12.4. The molecule has 1 fully saturated rings. The Balaban J connectivity index is 1.88. The van der Waals surface area contributed by atoms with Crippen molar-refractivity contribution in [3.8, 4) is 11.5 Å². The number of para-hydroxylation sites is 1. The molecular weight excluding hydrogens is 280 g/mol. The van der Waals surface area contributed by atoms with Gasteiger partial charge in [0.25, 0.3) is 0 Å². The number of methoxy groups -OCH3 is 1. The van der Waals surface area contributed by atoms with Gasteiger partial charge in [-0.15, -0.1) is 0 Å². The van der Waals surface area contributed by atoms with Gasteiger partial charge in [0.05, 0.1) is 12.5 Å². The molecular formula is C18H18O4. The highest BCUT2D eigenvalue weighted by Crippen LogP contribution is 2.53. The topological polar surface area (TPSA) is 55.8 Å². The summed E-state index contributed by atoms with van der Waals surface area (Å²) in [5.74, 6) is 0.306. The predicted molar refractivity (Wildman–Crippen MR) is 82.3 cm³/mol. The number of benzene rings is 2. The Morgan fingerprint density at radius 3 is 2.45 bits per heavy atom. The summed E-state index contributed by atoms with van der Waals surface area (Å²) in [6, 6.07) is 15.3. The Bertz CT molecular complexity index is 675. The van der Waals surface area contributed by atoms with E-state index in [1.54, 1.807) is 7.11 Å². The summed E-state index contributed by atoms with van der Waals surface area (Å²) >= 11 is 0. The molecule has 0 unspecified atom stereocenters. The summed E-state index contributed by atoms with van der Waals surface area (Å²) in [7, 11) is 1.55. The van der Waals surface area contributed by atoms with Crippen LogP contribution < -0.4 is 9.47 Å². The third-order valence-corrected chi connectivity index (χ3v) is 4.10. The first-order valence-electron chi connectivity index (χ1n) is 7.25. The smallest absolute Gasteiger partial charge is 0.314 e. The van der Waals surface area contributed by atoms with Crippen LogP contribution in [0.5, 0.6) is 11.5 Å². The Kier molecular flexibility index (Phi) is 3.75. The van der Waals surface area contributed by atoms with Crippen LogP contribution >= 0.6 is 0 Å². The van der Waals surface area contributed by atoms with Crippen LogP contribution in [0, 0.1) is 0 Å². The van der Waals surface area contributed by atoms with Crippen molar-refractivity contribution in [1.82, 2.24) is 0 Å². The van der Waals surface area contributed by atoms with Crippen molar-refractivity contribution in [3.63, 3.8) is 0 Å². The second-order valence-corrected chi connectivity index (χ2v) is 5.50. The molecule has 1 saturated carbocycles. The van der Waals surface area contributed by atoms with Gasteiger partial charge in [-0.3, -0.25) is 4.79 Å². The van der Waals surface area contributed by atoms with Gasteiger partial charge in [-0.1, -0.05) is 42.5 Å². The van der Waals surface area contributed by atoms with Gasteiger partial charge in [0, 0.05) is 5.56 Å². The van der Waals surface area contributed by atoms with Crippen LogP contribution in [0.4, 0.5) is 0 Å². The molecule has 0 aliphatic heterocycles. The van der Waals surface area contributed by atoms with Crippen LogP contribution in [0.25, 0.3) is 0 Å². The number of rotatable bonds is 6. The highest BCUT2D eigenvalue weighted by molar-refractivity contribution is 5.86. The molecule has 2 aromatic carbocycles. The van der Waals surface area contributed by atoms with Crippen LogP contribution in [0.2, 0.25) is 0 Å². The van der Waals surface area contributed by atoms with Gasteiger partial charge in [0.1, 0.15) is 6.61 Å². The van der Waals surface area contributed by atoms with Crippen LogP contribution in [-0.2, 0) is 16.8 Å². The number of ether oxygens (including phenoxy) is 2. The molecule has 0 bridgehead atoms. The predicted octanol–water partition coefficient (Wildman–Crippen LogP) is 3.39. The highest BCUT2D eigenvalue weighted by Gasteiger charge is 2.53. The number of hydrogen-bond donors (Lipinski definition) is 1. The molecule has 0 heterocycles. The van der Waals surface area contributed by atoms with E-state index in [0.717, 1.165) is 5.56 Å². The van der Waals surface area contributed by atoms with Gasteiger partial charge in [-0.05, 0) is 24.5 Å². The molecule has 0 aromatic heterocycles. The van der Waals surface area contributed by atoms with Gasteiger partial charge in [-0.25, -0.2) is 0 Å². The van der Waals surface area contributed by atoms with Crippen LogP contribution in [0.3, 0.4) is 0 Å². The largest absolute Gasteiger partial charge is 0.493 e. The fourth-order valence-corrected chi connectivity index (χ4v) is 2.68. The van der Waals surface area contributed by atoms with Gasteiger partial charge < -0.3 is 14.6 Å². The number of carboxylic acid groups (broad SMARTS) is 1. The van der Waals surface area contributed by atoms with E-state index in [4.69, 9.17) is 9.47 Å². The molecule has 4 heteroatoms. The first-order valence-corrected chi connectivity index (χ1v) is 7.25. The minimum atomic E-state index is -0.808. The van der Waals surface area contributed by atoms with Crippen molar-refractivity contribution < 1.29 is 19.4 Å². The lowest BCUT2D eigenvalue weighted by Gasteiger charge is -2.18. The Morgan fingerprint density at radius 2 is 1.86 bits per heavy atom. The summed E-state index contributed by atoms with van der Waals surface area (Å²) in [5, 5.41) is 9.48. The lowest BCUT2D eigenvalue weighted by Crippen LogP contribution is -2.20. The maximum Gasteiger partial charge on any atom is 0.314 e. The fourth-order valence-electron chi connectivity index (χ4n) is 2.68. The second kappa shape index (κ2) is 5.72. The molecule has 0 radical (unpaired) electrons. The van der Waals surface area contributed by atoms with Gasteiger partial charge in [0.15, 0.2) is 11.5 Å². The summed E-state index contributed by atoms with van der Waals surface area (Å²) < 4.78 is 11.3. The summed E-state index contributed by atoms with van der Waals surface area (Å²) in [5.41, 5.74) is 0.944. The average molecular weight is 298 g/mol. The monoisotopic (exact) mass is 298 g/mol. The number of carboxylic acids is 1. The van der Waals surface area contributed by atoms with Crippen molar-refractivity contribution in [2.24, 2.45) is 0 Å². The van der Waals surface area contributed by atoms with Crippen LogP contribution in [-0.4, -0.2) is 18.2 Å². The normalized spacial score (nSPS) is 15.1. The number of carbonyl (C=O) groups is 1. The van der Waals surface area contributed by atoms with E-state index in [9.17, 15) is 9.90 Å². The van der Waals surface area contributed by atoms with Crippen molar-refractivity contribution in [2.45, 2.75) is 24.9 Å². The summed E-state index contributed by atoms with van der Waals surface area (Å²) in [4.78, 5) is 11.5. The Hall–Kier alpha value is -2.49. The van der Waals surface area contributed by atoms with E-state index in [0.29, 0.717) is 36.5 Å². The van der Waals surface area contributed by atoms with Crippen molar-refractivity contribution in [1.29, 1.82) is 0 Å². The molecule has 1 N–H and O–H groups in total. The van der Waals surface area contributed by atoms with Crippen LogP contribution in [0.15, 0.2) is 48.5 Å². The molecule has 3 rings (SSSR count). The summed E-state index contributed by atoms with van der Waals surface area (Å²) in [6.07, 6.45) is 1.28. The molecule has 4 nitrogen and oxygen atoms in total. The number of hydrogen-bond acceptors (Lipinski definition) is 3. The Labute approximate surface area is 129 Å². The quantitative estimate of drug-likeness (QED) is 0.888. The standard InChI is InChI=1S/C18H18O4/c1-21-16-14(18(10-11-18)17(19)20)8-5-9-15(16)22-12-13-6-3-2-4-7-13/h2-9H,10-12H2,1H3,(H,19,20). The molecule has 2 aromatic rings. The minimum Gasteiger partial charge on any atom is -0.493 e. The second-order valence-electron chi connectivity index (χ2n) is 5.50. The van der Waals surface area contributed by atoms with Gasteiger partial charge in [0.2, 0.25) is 0 Å². The molecule has 0 amide bonds. The minimum absolute atomic E-state index is 0.417. The van der Waals surface area contributed by atoms with Crippen LogP contribution in [0.1, 0.15) is 24.0 Å². The van der Waals surface area contributed by atoms with Crippen molar-refractivity contribution in [2.75, 3.05) is 7.11 Å². The first-order chi connectivity index (χ1) is 10.7. The van der Waals surface area contributed by atoms with E-state index in [2.05, 4.69) is 0 Å². The maximum absolute atomic E-state index is 11.5. The zero-order valence-electron chi connectivity index (χ0n) is 12.4. The van der Waals surface area contributed by atoms with Gasteiger partial charge >= 0.3 is 5.97 Å². The molecule has 22 heavy (non-hydrogen) atoms. The van der Waals surface area contributed by atoms with E-state index in [1.807, 2.05) is 48.5 Å².